The molecule has 0 bridgehead atoms. The Morgan fingerprint density at radius 1 is 0.966 bits per heavy atom. The van der Waals surface area contributed by atoms with Gasteiger partial charge in [0.2, 0.25) is 0 Å². The van der Waals surface area contributed by atoms with Crippen LogP contribution in [0, 0.1) is 18.6 Å². The molecule has 6 heteroatoms. The number of hydrogen-bond donors (Lipinski definition) is 0. The third-order valence-electron chi connectivity index (χ3n) is 4.58. The highest BCUT2D eigenvalue weighted by Crippen LogP contribution is 2.21. The van der Waals surface area contributed by atoms with Gasteiger partial charge in [0.05, 0.1) is 16.6 Å². The summed E-state index contributed by atoms with van der Waals surface area (Å²) in [6.07, 6.45) is 3.17. The fraction of sp³-hybridized carbons (Fsp3) is 0.0435. The summed E-state index contributed by atoms with van der Waals surface area (Å²) in [5.74, 6) is -1.52. The van der Waals surface area contributed by atoms with Gasteiger partial charge in [-0.3, -0.25) is 9.36 Å². The lowest BCUT2D eigenvalue weighted by molar-refractivity contribution is 0.508. The molecule has 1 aromatic heterocycles. The van der Waals surface area contributed by atoms with Gasteiger partial charge in [-0.05, 0) is 60.5 Å². The van der Waals surface area contributed by atoms with Crippen LogP contribution in [0.15, 0.2) is 65.5 Å². The maximum atomic E-state index is 13.5. The molecule has 0 atom stereocenters. The molecule has 0 N–H and O–H groups in total. The van der Waals surface area contributed by atoms with E-state index >= 15 is 0 Å². The predicted molar refractivity (Wildman–Crippen MR) is 112 cm³/mol. The molecule has 4 rings (SSSR count). The van der Waals surface area contributed by atoms with Crippen LogP contribution in [0.4, 0.5) is 8.78 Å². The summed E-state index contributed by atoms with van der Waals surface area (Å²) in [4.78, 5) is 17.8. The van der Waals surface area contributed by atoms with Gasteiger partial charge in [-0.15, -0.1) is 0 Å². The largest absolute Gasteiger partial charge is 0.268 e. The molecule has 0 saturated carbocycles. The Labute approximate surface area is 170 Å². The van der Waals surface area contributed by atoms with E-state index in [1.165, 1.54) is 10.6 Å². The van der Waals surface area contributed by atoms with Crippen LogP contribution in [0.3, 0.4) is 0 Å². The molecular formula is C23H15ClF2N2O. The number of fused-ring (bicyclic) bond motifs is 1. The smallest absolute Gasteiger partial charge is 0.266 e. The van der Waals surface area contributed by atoms with E-state index in [0.29, 0.717) is 33.0 Å². The van der Waals surface area contributed by atoms with E-state index in [2.05, 4.69) is 4.98 Å². The zero-order valence-electron chi connectivity index (χ0n) is 15.4. The van der Waals surface area contributed by atoms with E-state index in [4.69, 9.17) is 11.6 Å². The first-order valence-corrected chi connectivity index (χ1v) is 9.23. The molecule has 29 heavy (non-hydrogen) atoms. The molecule has 1 heterocycles. The standard InChI is InChI=1S/C23H15ClF2N2O/c1-14-6-9-16(13-18(14)24)28-22(11-8-15-7-10-19(25)20(26)12-15)27-21-5-3-2-4-17(21)23(28)29/h2-13H,1H3/b11-8-. The van der Waals surface area contributed by atoms with Crippen molar-refractivity contribution in [1.82, 2.24) is 9.55 Å². The number of para-hydroxylation sites is 1. The summed E-state index contributed by atoms with van der Waals surface area (Å²) in [6, 6.07) is 15.9. The zero-order chi connectivity index (χ0) is 20.5. The number of aromatic nitrogens is 2. The monoisotopic (exact) mass is 408 g/mol. The van der Waals surface area contributed by atoms with Crippen molar-refractivity contribution in [2.45, 2.75) is 6.92 Å². The maximum absolute atomic E-state index is 13.5. The van der Waals surface area contributed by atoms with Crippen LogP contribution in [0.1, 0.15) is 17.0 Å². The first-order valence-electron chi connectivity index (χ1n) is 8.85. The van der Waals surface area contributed by atoms with Crippen molar-refractivity contribution in [1.29, 1.82) is 0 Å². The van der Waals surface area contributed by atoms with E-state index < -0.39 is 11.6 Å². The van der Waals surface area contributed by atoms with Crippen LogP contribution in [0.25, 0.3) is 28.7 Å². The summed E-state index contributed by atoms with van der Waals surface area (Å²) in [5, 5.41) is 0.993. The molecule has 0 aliphatic carbocycles. The highest BCUT2D eigenvalue weighted by atomic mass is 35.5. The van der Waals surface area contributed by atoms with Crippen molar-refractivity contribution in [2.24, 2.45) is 0 Å². The molecule has 0 aliphatic heterocycles. The van der Waals surface area contributed by atoms with Crippen LogP contribution in [0.5, 0.6) is 0 Å². The van der Waals surface area contributed by atoms with Gasteiger partial charge in [-0.1, -0.05) is 41.9 Å². The molecule has 0 fully saturated rings. The Bertz CT molecular complexity index is 1330. The second-order valence-corrected chi connectivity index (χ2v) is 6.98. The van der Waals surface area contributed by atoms with Crippen molar-refractivity contribution in [3.63, 3.8) is 0 Å². The predicted octanol–water partition coefficient (Wildman–Crippen LogP) is 5.80. The highest BCUT2D eigenvalue weighted by molar-refractivity contribution is 6.31. The van der Waals surface area contributed by atoms with E-state index in [9.17, 15) is 13.6 Å². The zero-order valence-corrected chi connectivity index (χ0v) is 16.1. The first kappa shape index (κ1) is 19.0. The average molecular weight is 409 g/mol. The molecule has 0 amide bonds. The topological polar surface area (TPSA) is 34.9 Å². The van der Waals surface area contributed by atoms with Crippen molar-refractivity contribution < 1.29 is 8.78 Å². The van der Waals surface area contributed by atoms with E-state index in [1.807, 2.05) is 13.0 Å². The van der Waals surface area contributed by atoms with E-state index in [-0.39, 0.29) is 5.56 Å². The summed E-state index contributed by atoms with van der Waals surface area (Å²) in [7, 11) is 0. The molecule has 3 aromatic carbocycles. The normalized spacial score (nSPS) is 11.4. The second-order valence-electron chi connectivity index (χ2n) is 6.57. The van der Waals surface area contributed by atoms with Gasteiger partial charge in [0.15, 0.2) is 11.6 Å². The Kier molecular flexibility index (Phi) is 4.99. The number of halogens is 3. The second kappa shape index (κ2) is 7.60. The van der Waals surface area contributed by atoms with Gasteiger partial charge in [-0.2, -0.15) is 0 Å². The van der Waals surface area contributed by atoms with Gasteiger partial charge < -0.3 is 0 Å². The Morgan fingerprint density at radius 2 is 1.76 bits per heavy atom. The minimum absolute atomic E-state index is 0.250. The van der Waals surface area contributed by atoms with Crippen molar-refractivity contribution >= 4 is 34.7 Å². The number of aryl methyl sites for hydroxylation is 1. The summed E-state index contributed by atoms with van der Waals surface area (Å²) >= 11 is 6.26. The van der Waals surface area contributed by atoms with E-state index in [1.54, 1.807) is 48.6 Å². The van der Waals surface area contributed by atoms with Gasteiger partial charge in [-0.25, -0.2) is 13.8 Å². The fourth-order valence-electron chi connectivity index (χ4n) is 3.02. The Balaban J connectivity index is 1.93. The molecular weight excluding hydrogens is 394 g/mol. The number of nitrogens with zero attached hydrogens (tertiary/aromatic N) is 2. The molecule has 0 radical (unpaired) electrons. The number of hydrogen-bond acceptors (Lipinski definition) is 2. The lowest BCUT2D eigenvalue weighted by Crippen LogP contribution is -2.22. The van der Waals surface area contributed by atoms with Crippen LogP contribution >= 0.6 is 11.6 Å². The maximum Gasteiger partial charge on any atom is 0.266 e. The molecule has 0 saturated heterocycles. The van der Waals surface area contributed by atoms with Crippen molar-refractivity contribution in [3.8, 4) is 5.69 Å². The SMILES string of the molecule is Cc1ccc(-n2c(/C=C\c3ccc(F)c(F)c3)nc3ccccc3c2=O)cc1Cl. The van der Waals surface area contributed by atoms with Crippen molar-refractivity contribution in [3.05, 3.63) is 105 Å². The van der Waals surface area contributed by atoms with Crippen LogP contribution in [0.2, 0.25) is 5.02 Å². The minimum atomic E-state index is -0.943. The van der Waals surface area contributed by atoms with E-state index in [0.717, 1.165) is 17.7 Å². The highest BCUT2D eigenvalue weighted by Gasteiger charge is 2.12. The minimum Gasteiger partial charge on any atom is -0.268 e. The third-order valence-corrected chi connectivity index (χ3v) is 4.99. The summed E-state index contributed by atoms with van der Waals surface area (Å²) in [5.41, 5.74) is 2.18. The summed E-state index contributed by atoms with van der Waals surface area (Å²) < 4.78 is 28.1. The van der Waals surface area contributed by atoms with Gasteiger partial charge in [0.1, 0.15) is 5.82 Å². The average Bonchev–Trinajstić information content (AvgIpc) is 2.71. The summed E-state index contributed by atoms with van der Waals surface area (Å²) in [6.45, 7) is 1.87. The third kappa shape index (κ3) is 3.69. The Morgan fingerprint density at radius 3 is 2.52 bits per heavy atom. The quantitative estimate of drug-likeness (QED) is 0.429. The van der Waals surface area contributed by atoms with Crippen molar-refractivity contribution in [2.75, 3.05) is 0 Å². The fourth-order valence-corrected chi connectivity index (χ4v) is 3.19. The van der Waals surface area contributed by atoms with Gasteiger partial charge in [0, 0.05) is 5.02 Å². The lowest BCUT2D eigenvalue weighted by Gasteiger charge is -2.12. The lowest BCUT2D eigenvalue weighted by atomic mass is 10.1. The van der Waals surface area contributed by atoms with Crippen LogP contribution in [-0.4, -0.2) is 9.55 Å². The first-order chi connectivity index (χ1) is 13.9. The Hall–Kier alpha value is -3.31. The molecule has 3 nitrogen and oxygen atoms in total. The molecule has 0 unspecified atom stereocenters. The molecule has 4 aromatic rings. The number of benzene rings is 3. The van der Waals surface area contributed by atoms with Crippen LogP contribution in [-0.2, 0) is 0 Å². The molecule has 144 valence electrons. The number of rotatable bonds is 3. The molecule has 0 spiro atoms. The van der Waals surface area contributed by atoms with Gasteiger partial charge in [0.25, 0.3) is 5.56 Å². The van der Waals surface area contributed by atoms with Gasteiger partial charge >= 0.3 is 0 Å². The van der Waals surface area contributed by atoms with Crippen LogP contribution < -0.4 is 5.56 Å². The molecule has 0 aliphatic rings.